The van der Waals surface area contributed by atoms with Crippen molar-refractivity contribution in [3.8, 4) is 22.8 Å². The van der Waals surface area contributed by atoms with E-state index in [1.54, 1.807) is 12.1 Å². The Kier molecular flexibility index (Phi) is 5.51. The maximum absolute atomic E-state index is 12.4. The zero-order chi connectivity index (χ0) is 19.2. The van der Waals surface area contributed by atoms with E-state index in [9.17, 15) is 9.90 Å². The molecule has 0 fully saturated rings. The zero-order valence-electron chi connectivity index (χ0n) is 15.1. The molecule has 3 rings (SSSR count). The van der Waals surface area contributed by atoms with E-state index in [2.05, 4.69) is 20.7 Å². The summed E-state index contributed by atoms with van der Waals surface area (Å²) in [5, 5.41) is 20.7. The van der Waals surface area contributed by atoms with Gasteiger partial charge in [-0.3, -0.25) is 9.89 Å². The van der Waals surface area contributed by atoms with Crippen LogP contribution in [0, 0.1) is 6.92 Å². The van der Waals surface area contributed by atoms with Crippen molar-refractivity contribution in [3.05, 3.63) is 65.4 Å². The minimum atomic E-state index is -0.387. The molecule has 138 valence electrons. The molecular weight excluding hydrogens is 344 g/mol. The number of ether oxygens (including phenoxy) is 1. The fraction of sp³-hybridized carbons (Fsp3) is 0.150. The predicted octanol–water partition coefficient (Wildman–Crippen LogP) is 3.25. The molecule has 3 aromatic rings. The zero-order valence-corrected chi connectivity index (χ0v) is 15.1. The molecule has 0 saturated heterocycles. The number of carbonyl (C=O) groups excluding carboxylic acids is 1. The molecule has 0 atom stereocenters. The number of hydrogen-bond donors (Lipinski definition) is 3. The lowest BCUT2D eigenvalue weighted by molar-refractivity contribution is 0.0949. The molecule has 7 nitrogen and oxygen atoms in total. The van der Waals surface area contributed by atoms with E-state index in [-0.39, 0.29) is 11.7 Å². The third-order valence-corrected chi connectivity index (χ3v) is 3.95. The third kappa shape index (κ3) is 4.14. The van der Waals surface area contributed by atoms with Crippen molar-refractivity contribution < 1.29 is 14.6 Å². The van der Waals surface area contributed by atoms with Gasteiger partial charge in [0.25, 0.3) is 5.91 Å². The van der Waals surface area contributed by atoms with Gasteiger partial charge in [-0.2, -0.15) is 10.2 Å². The van der Waals surface area contributed by atoms with E-state index in [1.165, 1.54) is 12.3 Å². The topological polar surface area (TPSA) is 99.6 Å². The quantitative estimate of drug-likeness (QED) is 0.462. The molecular formula is C20H20N4O3. The van der Waals surface area contributed by atoms with Crippen LogP contribution in [0.3, 0.4) is 0 Å². The molecule has 0 radical (unpaired) electrons. The second kappa shape index (κ2) is 8.18. The number of hydrazone groups is 1. The first-order valence-electron chi connectivity index (χ1n) is 8.49. The van der Waals surface area contributed by atoms with E-state index in [0.29, 0.717) is 23.6 Å². The van der Waals surface area contributed by atoms with Gasteiger partial charge in [0.15, 0.2) is 11.5 Å². The van der Waals surface area contributed by atoms with Gasteiger partial charge < -0.3 is 9.84 Å². The molecule has 1 aromatic heterocycles. The predicted molar refractivity (Wildman–Crippen MR) is 103 cm³/mol. The molecule has 0 aliphatic rings. The third-order valence-electron chi connectivity index (χ3n) is 3.95. The Labute approximate surface area is 156 Å². The molecule has 0 bridgehead atoms. The van der Waals surface area contributed by atoms with Crippen molar-refractivity contribution in [2.75, 3.05) is 6.61 Å². The first-order valence-corrected chi connectivity index (χ1v) is 8.49. The van der Waals surface area contributed by atoms with Gasteiger partial charge >= 0.3 is 0 Å². The minimum absolute atomic E-state index is 0.0551. The Balaban J connectivity index is 1.71. The van der Waals surface area contributed by atoms with Crippen LogP contribution >= 0.6 is 0 Å². The molecule has 27 heavy (non-hydrogen) atoms. The summed E-state index contributed by atoms with van der Waals surface area (Å²) in [6.45, 7) is 4.10. The summed E-state index contributed by atoms with van der Waals surface area (Å²) in [7, 11) is 0. The summed E-state index contributed by atoms with van der Waals surface area (Å²) < 4.78 is 5.32. The lowest BCUT2D eigenvalue weighted by Crippen LogP contribution is -2.19. The number of H-pyrrole nitrogens is 1. The highest BCUT2D eigenvalue weighted by Crippen LogP contribution is 2.26. The van der Waals surface area contributed by atoms with Gasteiger partial charge in [-0.05, 0) is 37.6 Å². The number of hydrogen-bond acceptors (Lipinski definition) is 5. The summed E-state index contributed by atoms with van der Waals surface area (Å²) >= 11 is 0. The van der Waals surface area contributed by atoms with E-state index in [0.717, 1.165) is 16.8 Å². The molecule has 3 N–H and O–H groups in total. The van der Waals surface area contributed by atoms with Crippen LogP contribution in [0.1, 0.15) is 28.5 Å². The normalized spacial score (nSPS) is 10.9. The van der Waals surface area contributed by atoms with E-state index in [1.807, 2.05) is 44.2 Å². The van der Waals surface area contributed by atoms with Crippen molar-refractivity contribution in [1.29, 1.82) is 0 Å². The lowest BCUT2D eigenvalue weighted by Gasteiger charge is -2.06. The highest BCUT2D eigenvalue weighted by atomic mass is 16.5. The van der Waals surface area contributed by atoms with Crippen molar-refractivity contribution in [2.45, 2.75) is 13.8 Å². The highest BCUT2D eigenvalue weighted by Gasteiger charge is 2.16. The summed E-state index contributed by atoms with van der Waals surface area (Å²) in [5.74, 6) is 0.0338. The first-order chi connectivity index (χ1) is 13.1. The Bertz CT molecular complexity index is 965. The Morgan fingerprint density at radius 1 is 1.30 bits per heavy atom. The number of aromatic nitrogens is 2. The fourth-order valence-corrected chi connectivity index (χ4v) is 2.60. The number of phenols is 1. The number of phenolic OH excluding ortho intramolecular Hbond substituents is 1. The highest BCUT2D eigenvalue weighted by molar-refractivity contribution is 5.96. The molecule has 0 saturated carbocycles. The number of nitrogens with one attached hydrogen (secondary N) is 2. The number of nitrogens with zero attached hydrogens (tertiary/aromatic N) is 2. The molecule has 1 amide bonds. The average Bonchev–Trinajstić information content (AvgIpc) is 3.06. The van der Waals surface area contributed by atoms with Crippen LogP contribution in [0.5, 0.6) is 11.5 Å². The van der Waals surface area contributed by atoms with Crippen LogP contribution in [0.4, 0.5) is 0 Å². The molecule has 2 aromatic carbocycles. The second-order valence-corrected chi connectivity index (χ2v) is 5.80. The smallest absolute Gasteiger partial charge is 0.289 e. The SMILES string of the molecule is CCOc1cc(/C=N\NC(=O)c2[nH]nc(-c3ccccc3)c2C)ccc1O. The largest absolute Gasteiger partial charge is 0.504 e. The molecule has 7 heteroatoms. The van der Waals surface area contributed by atoms with E-state index >= 15 is 0 Å². The van der Waals surface area contributed by atoms with Gasteiger partial charge in [0.05, 0.1) is 18.5 Å². The monoisotopic (exact) mass is 364 g/mol. The number of benzene rings is 2. The Morgan fingerprint density at radius 3 is 2.81 bits per heavy atom. The van der Waals surface area contributed by atoms with Gasteiger partial charge in [0, 0.05) is 11.1 Å². The van der Waals surface area contributed by atoms with Gasteiger partial charge in [0.2, 0.25) is 0 Å². The van der Waals surface area contributed by atoms with E-state index < -0.39 is 0 Å². The summed E-state index contributed by atoms with van der Waals surface area (Å²) in [5.41, 5.74) is 5.92. The van der Waals surface area contributed by atoms with Crippen molar-refractivity contribution >= 4 is 12.1 Å². The number of aromatic amines is 1. The van der Waals surface area contributed by atoms with Crippen LogP contribution in [-0.2, 0) is 0 Å². The summed E-state index contributed by atoms with van der Waals surface area (Å²) in [6.07, 6.45) is 1.48. The first kappa shape index (κ1) is 18.2. The molecule has 1 heterocycles. The van der Waals surface area contributed by atoms with Crippen LogP contribution in [0.2, 0.25) is 0 Å². The molecule has 0 aliphatic heterocycles. The average molecular weight is 364 g/mol. The van der Waals surface area contributed by atoms with Crippen LogP contribution in [0.25, 0.3) is 11.3 Å². The standard InChI is InChI=1S/C20H20N4O3/c1-3-27-17-11-14(9-10-16(17)25)12-21-24-20(26)19-13(2)18(22-23-19)15-7-5-4-6-8-15/h4-12,25H,3H2,1-2H3,(H,22,23)(H,24,26)/b21-12-. The van der Waals surface area contributed by atoms with Crippen molar-refractivity contribution in [2.24, 2.45) is 5.10 Å². The summed E-state index contributed by atoms with van der Waals surface area (Å²) in [4.78, 5) is 12.4. The van der Waals surface area contributed by atoms with Crippen molar-refractivity contribution in [1.82, 2.24) is 15.6 Å². The summed E-state index contributed by atoms with van der Waals surface area (Å²) in [6, 6.07) is 14.5. The van der Waals surface area contributed by atoms with E-state index in [4.69, 9.17) is 4.74 Å². The lowest BCUT2D eigenvalue weighted by atomic mass is 10.1. The molecule has 0 aliphatic carbocycles. The van der Waals surface area contributed by atoms with Crippen LogP contribution in [-0.4, -0.2) is 34.0 Å². The second-order valence-electron chi connectivity index (χ2n) is 5.80. The van der Waals surface area contributed by atoms with Crippen LogP contribution in [0.15, 0.2) is 53.6 Å². The fourth-order valence-electron chi connectivity index (χ4n) is 2.60. The number of aromatic hydroxyl groups is 1. The Hall–Kier alpha value is -3.61. The maximum Gasteiger partial charge on any atom is 0.289 e. The number of rotatable bonds is 6. The minimum Gasteiger partial charge on any atom is -0.504 e. The van der Waals surface area contributed by atoms with Crippen LogP contribution < -0.4 is 10.2 Å². The molecule has 0 spiro atoms. The van der Waals surface area contributed by atoms with Gasteiger partial charge in [0.1, 0.15) is 5.69 Å². The Morgan fingerprint density at radius 2 is 2.07 bits per heavy atom. The van der Waals surface area contributed by atoms with Gasteiger partial charge in [-0.1, -0.05) is 30.3 Å². The van der Waals surface area contributed by atoms with Crippen molar-refractivity contribution in [3.63, 3.8) is 0 Å². The number of carbonyl (C=O) groups is 1. The number of amides is 1. The van der Waals surface area contributed by atoms with Gasteiger partial charge in [-0.15, -0.1) is 0 Å². The molecule has 0 unspecified atom stereocenters. The van der Waals surface area contributed by atoms with Gasteiger partial charge in [-0.25, -0.2) is 5.43 Å². The maximum atomic E-state index is 12.4.